The van der Waals surface area contributed by atoms with E-state index in [0.29, 0.717) is 39.3 Å². The van der Waals surface area contributed by atoms with Crippen molar-refractivity contribution < 1.29 is 19.4 Å². The summed E-state index contributed by atoms with van der Waals surface area (Å²) in [6.07, 6.45) is 4.29. The molecule has 2 fully saturated rings. The summed E-state index contributed by atoms with van der Waals surface area (Å²) in [7, 11) is 0. The molecule has 0 spiro atoms. The largest absolute Gasteiger partial charge is 0.481 e. The number of benzene rings is 1. The van der Waals surface area contributed by atoms with E-state index in [1.165, 1.54) is 0 Å². The molecule has 1 saturated heterocycles. The lowest BCUT2D eigenvalue weighted by atomic mass is 9.81. The second-order valence-corrected chi connectivity index (χ2v) is 7.41. The minimum atomic E-state index is -0.745. The molecule has 1 aliphatic carbocycles. The lowest BCUT2D eigenvalue weighted by Gasteiger charge is -2.23. The number of hydrogen-bond acceptors (Lipinski definition) is 3. The third-order valence-electron chi connectivity index (χ3n) is 5.69. The Kier molecular flexibility index (Phi) is 6.14. The molecule has 2 amide bonds. The lowest BCUT2D eigenvalue weighted by molar-refractivity contribution is -0.149. The van der Waals surface area contributed by atoms with Crippen molar-refractivity contribution in [2.24, 2.45) is 11.3 Å². The van der Waals surface area contributed by atoms with Gasteiger partial charge in [-0.1, -0.05) is 36.8 Å². The van der Waals surface area contributed by atoms with Gasteiger partial charge in [-0.25, -0.2) is 4.79 Å². The molecule has 2 aliphatic rings. The van der Waals surface area contributed by atoms with Crippen LogP contribution >= 0.6 is 0 Å². The molecular weight excluding hydrogens is 332 g/mol. The molecule has 6 heteroatoms. The zero-order valence-corrected chi connectivity index (χ0v) is 15.2. The van der Waals surface area contributed by atoms with Crippen LogP contribution in [0, 0.1) is 11.3 Å². The maximum Gasteiger partial charge on any atom is 0.317 e. The molecule has 0 radical (unpaired) electrons. The molecule has 2 N–H and O–H groups in total. The van der Waals surface area contributed by atoms with Crippen LogP contribution in [0.25, 0.3) is 0 Å². The SMILES string of the molecule is O=C(NCCCCOCc1ccccc1)N1C[C@@H]2CCC[C@@]2(C(=O)O)C1. The average molecular weight is 360 g/mol. The van der Waals surface area contributed by atoms with Crippen molar-refractivity contribution >= 4 is 12.0 Å². The van der Waals surface area contributed by atoms with Gasteiger partial charge in [0.05, 0.1) is 12.0 Å². The topological polar surface area (TPSA) is 78.9 Å². The molecule has 0 bridgehead atoms. The first kappa shape index (κ1) is 18.7. The van der Waals surface area contributed by atoms with E-state index in [-0.39, 0.29) is 11.9 Å². The second kappa shape index (κ2) is 8.54. The van der Waals surface area contributed by atoms with Crippen LogP contribution in [0.5, 0.6) is 0 Å². The van der Waals surface area contributed by atoms with Crippen LogP contribution in [0.4, 0.5) is 4.79 Å². The van der Waals surface area contributed by atoms with E-state index in [2.05, 4.69) is 5.32 Å². The van der Waals surface area contributed by atoms with E-state index in [4.69, 9.17) is 4.74 Å². The summed E-state index contributed by atoms with van der Waals surface area (Å²) >= 11 is 0. The van der Waals surface area contributed by atoms with Gasteiger partial charge in [-0.2, -0.15) is 0 Å². The highest BCUT2D eigenvalue weighted by Gasteiger charge is 2.55. The number of amides is 2. The van der Waals surface area contributed by atoms with Crippen molar-refractivity contribution in [1.29, 1.82) is 0 Å². The number of hydrogen-bond donors (Lipinski definition) is 2. The van der Waals surface area contributed by atoms with Gasteiger partial charge in [-0.05, 0) is 37.2 Å². The maximum absolute atomic E-state index is 12.3. The van der Waals surface area contributed by atoms with Crippen molar-refractivity contribution in [2.45, 2.75) is 38.7 Å². The summed E-state index contributed by atoms with van der Waals surface area (Å²) in [5.74, 6) is -0.636. The summed E-state index contributed by atoms with van der Waals surface area (Å²) in [5, 5.41) is 12.5. The third kappa shape index (κ3) is 4.18. The molecule has 3 rings (SSSR count). The normalized spacial score (nSPS) is 24.5. The number of nitrogens with one attached hydrogen (secondary N) is 1. The number of urea groups is 1. The fraction of sp³-hybridized carbons (Fsp3) is 0.600. The zero-order chi connectivity index (χ0) is 18.4. The van der Waals surface area contributed by atoms with Crippen molar-refractivity contribution in [3.8, 4) is 0 Å². The Morgan fingerprint density at radius 1 is 1.27 bits per heavy atom. The van der Waals surface area contributed by atoms with Crippen LogP contribution in [-0.4, -0.2) is 48.2 Å². The first-order chi connectivity index (χ1) is 12.6. The van der Waals surface area contributed by atoms with Gasteiger partial charge in [0.1, 0.15) is 0 Å². The molecule has 2 atom stereocenters. The van der Waals surface area contributed by atoms with Crippen molar-refractivity contribution in [2.75, 3.05) is 26.2 Å². The van der Waals surface area contributed by atoms with E-state index in [9.17, 15) is 14.7 Å². The number of likely N-dealkylation sites (tertiary alicyclic amines) is 1. The van der Waals surface area contributed by atoms with Crippen LogP contribution in [0.3, 0.4) is 0 Å². The fourth-order valence-electron chi connectivity index (χ4n) is 4.19. The van der Waals surface area contributed by atoms with Crippen LogP contribution in [0.2, 0.25) is 0 Å². The number of carboxylic acid groups (broad SMARTS) is 1. The van der Waals surface area contributed by atoms with Gasteiger partial charge in [0.15, 0.2) is 0 Å². The van der Waals surface area contributed by atoms with Crippen molar-refractivity contribution in [1.82, 2.24) is 10.2 Å². The Labute approximate surface area is 154 Å². The number of nitrogens with zero attached hydrogens (tertiary/aromatic N) is 1. The molecule has 1 aromatic rings. The van der Waals surface area contributed by atoms with Crippen LogP contribution in [0.15, 0.2) is 30.3 Å². The summed E-state index contributed by atoms with van der Waals surface area (Å²) in [6, 6.07) is 9.92. The smallest absolute Gasteiger partial charge is 0.317 e. The highest BCUT2D eigenvalue weighted by Crippen LogP contribution is 2.48. The standard InChI is InChI=1S/C20H28N2O4/c23-18(24)20-10-6-9-17(20)13-22(15-20)19(25)21-11-4-5-12-26-14-16-7-2-1-3-8-16/h1-3,7-8,17H,4-6,9-15H2,(H,21,25)(H,23,24)/t17-,20+/m0/s1. The van der Waals surface area contributed by atoms with Crippen LogP contribution in [0.1, 0.15) is 37.7 Å². The number of aliphatic carboxylic acids is 1. The monoisotopic (exact) mass is 360 g/mol. The van der Waals surface area contributed by atoms with Crippen LogP contribution < -0.4 is 5.32 Å². The van der Waals surface area contributed by atoms with E-state index in [1.807, 2.05) is 30.3 Å². The van der Waals surface area contributed by atoms with Crippen LogP contribution in [-0.2, 0) is 16.1 Å². The quantitative estimate of drug-likeness (QED) is 0.699. The molecular formula is C20H28N2O4. The lowest BCUT2D eigenvalue weighted by Crippen LogP contribution is -2.42. The van der Waals surface area contributed by atoms with E-state index in [1.54, 1.807) is 4.90 Å². The Balaban J connectivity index is 1.30. The van der Waals surface area contributed by atoms with Gasteiger partial charge in [0.2, 0.25) is 0 Å². The van der Waals surface area contributed by atoms with Gasteiger partial charge in [0.25, 0.3) is 0 Å². The Hall–Kier alpha value is -2.08. The number of fused-ring (bicyclic) bond motifs is 1. The molecule has 26 heavy (non-hydrogen) atoms. The van der Waals surface area contributed by atoms with E-state index >= 15 is 0 Å². The minimum Gasteiger partial charge on any atom is -0.481 e. The van der Waals surface area contributed by atoms with Crippen molar-refractivity contribution in [3.63, 3.8) is 0 Å². The average Bonchev–Trinajstić information content (AvgIpc) is 3.20. The predicted octanol–water partition coefficient (Wildman–Crippen LogP) is 2.88. The molecule has 142 valence electrons. The number of carboxylic acids is 1. The highest BCUT2D eigenvalue weighted by atomic mass is 16.5. The summed E-state index contributed by atoms with van der Waals surface area (Å²) < 4.78 is 5.63. The molecule has 0 unspecified atom stereocenters. The van der Waals surface area contributed by atoms with Gasteiger partial charge >= 0.3 is 12.0 Å². The number of ether oxygens (including phenoxy) is 1. The first-order valence-corrected chi connectivity index (χ1v) is 9.50. The number of unbranched alkanes of at least 4 members (excludes halogenated alkanes) is 1. The van der Waals surface area contributed by atoms with E-state index in [0.717, 1.165) is 31.2 Å². The number of carbonyl (C=O) groups excluding carboxylic acids is 1. The number of rotatable bonds is 8. The first-order valence-electron chi connectivity index (χ1n) is 9.50. The Morgan fingerprint density at radius 2 is 2.08 bits per heavy atom. The summed E-state index contributed by atoms with van der Waals surface area (Å²) in [5.41, 5.74) is 0.454. The van der Waals surface area contributed by atoms with Gasteiger partial charge in [0, 0.05) is 26.2 Å². The molecule has 1 aromatic carbocycles. The van der Waals surface area contributed by atoms with Gasteiger partial charge in [-0.15, -0.1) is 0 Å². The zero-order valence-electron chi connectivity index (χ0n) is 15.2. The molecule has 6 nitrogen and oxygen atoms in total. The number of carbonyl (C=O) groups is 2. The predicted molar refractivity (Wildman–Crippen MR) is 97.7 cm³/mol. The molecule has 1 saturated carbocycles. The fourth-order valence-corrected chi connectivity index (χ4v) is 4.19. The Bertz CT molecular complexity index is 621. The minimum absolute atomic E-state index is 0.108. The van der Waals surface area contributed by atoms with Gasteiger partial charge in [-0.3, -0.25) is 4.79 Å². The van der Waals surface area contributed by atoms with E-state index < -0.39 is 11.4 Å². The highest BCUT2D eigenvalue weighted by molar-refractivity contribution is 5.80. The second-order valence-electron chi connectivity index (χ2n) is 7.41. The van der Waals surface area contributed by atoms with Crippen molar-refractivity contribution in [3.05, 3.63) is 35.9 Å². The molecule has 0 aromatic heterocycles. The summed E-state index contributed by atoms with van der Waals surface area (Å²) in [6.45, 7) is 2.78. The van der Waals surface area contributed by atoms with Gasteiger partial charge < -0.3 is 20.1 Å². The molecule has 1 aliphatic heterocycles. The maximum atomic E-state index is 12.3. The Morgan fingerprint density at radius 3 is 2.81 bits per heavy atom. The molecule has 1 heterocycles. The summed E-state index contributed by atoms with van der Waals surface area (Å²) in [4.78, 5) is 25.7. The third-order valence-corrected chi connectivity index (χ3v) is 5.69.